The smallest absolute Gasteiger partial charge is 0.227 e. The van der Waals surface area contributed by atoms with Gasteiger partial charge >= 0.3 is 0 Å². The van der Waals surface area contributed by atoms with Crippen LogP contribution in [0.4, 0.5) is 17.1 Å². The van der Waals surface area contributed by atoms with Crippen molar-refractivity contribution < 1.29 is 8.83 Å². The SMILES string of the molecule is c1ccc(-c2nc3c(ccc4oc5cc(N(c6ccc7c(c6)sc6ccccc67)c6ccc7c8ccccc8n(-c8ccccc8)c7c6)ccc5c43)o2)cc1. The fourth-order valence-corrected chi connectivity index (χ4v) is 9.48. The molecule has 4 aromatic heterocycles. The molecule has 0 amide bonds. The molecule has 258 valence electrons. The summed E-state index contributed by atoms with van der Waals surface area (Å²) in [6.45, 7) is 0. The molecule has 4 heterocycles. The number of thiophene rings is 1. The molecule has 0 spiro atoms. The lowest BCUT2D eigenvalue weighted by Gasteiger charge is -2.26. The number of nitrogens with zero attached hydrogens (tertiary/aromatic N) is 3. The molecular formula is C49H29N3O2S. The number of furan rings is 1. The van der Waals surface area contributed by atoms with Crippen LogP contribution in [-0.2, 0) is 0 Å². The van der Waals surface area contributed by atoms with Gasteiger partial charge in [-0.15, -0.1) is 11.3 Å². The zero-order chi connectivity index (χ0) is 36.0. The predicted octanol–water partition coefficient (Wildman–Crippen LogP) is 14.3. The predicted molar refractivity (Wildman–Crippen MR) is 229 cm³/mol. The number of hydrogen-bond donors (Lipinski definition) is 0. The van der Waals surface area contributed by atoms with Gasteiger partial charge in [0, 0.05) is 70.7 Å². The molecule has 0 aliphatic rings. The number of hydrogen-bond acceptors (Lipinski definition) is 5. The Hall–Kier alpha value is -7.15. The first-order valence-electron chi connectivity index (χ1n) is 18.4. The normalized spacial score (nSPS) is 12.0. The lowest BCUT2D eigenvalue weighted by molar-refractivity contribution is 0.619. The van der Waals surface area contributed by atoms with Gasteiger partial charge in [-0.05, 0) is 84.9 Å². The standard InChI is InChI=1S/C49H29N3O2S/c1-3-11-30(12-4-1)49-50-48-43(54-49)26-25-42-47(48)39-24-21-33(28-44(39)53-42)51(34-20-23-38-37-16-8-10-18-45(37)55-46(38)29-34)32-19-22-36-35-15-7-9-17-40(35)52(41(36)27-32)31-13-5-2-6-14-31/h1-29H. The minimum Gasteiger partial charge on any atom is -0.456 e. The highest BCUT2D eigenvalue weighted by molar-refractivity contribution is 7.25. The Labute approximate surface area is 318 Å². The van der Waals surface area contributed by atoms with Gasteiger partial charge in [0.25, 0.3) is 0 Å². The number of anilines is 3. The second-order valence-electron chi connectivity index (χ2n) is 14.0. The van der Waals surface area contributed by atoms with E-state index in [0.717, 1.165) is 66.9 Å². The number of oxazole rings is 1. The molecule has 6 heteroatoms. The minimum absolute atomic E-state index is 0.597. The summed E-state index contributed by atoms with van der Waals surface area (Å²) >= 11 is 1.83. The Morgan fingerprint density at radius 1 is 0.455 bits per heavy atom. The van der Waals surface area contributed by atoms with Crippen LogP contribution in [-0.4, -0.2) is 9.55 Å². The van der Waals surface area contributed by atoms with Gasteiger partial charge in [-0.3, -0.25) is 0 Å². The first-order valence-corrected chi connectivity index (χ1v) is 19.2. The number of rotatable bonds is 5. The van der Waals surface area contributed by atoms with Crippen LogP contribution < -0.4 is 4.90 Å². The van der Waals surface area contributed by atoms with Crippen molar-refractivity contribution in [3.8, 4) is 17.1 Å². The van der Waals surface area contributed by atoms with Crippen molar-refractivity contribution in [2.45, 2.75) is 0 Å². The fourth-order valence-electron chi connectivity index (χ4n) is 8.34. The highest BCUT2D eigenvalue weighted by Crippen LogP contribution is 2.45. The summed E-state index contributed by atoms with van der Waals surface area (Å²) in [6.07, 6.45) is 0. The monoisotopic (exact) mass is 723 g/mol. The van der Waals surface area contributed by atoms with E-state index in [1.807, 2.05) is 53.8 Å². The first-order chi connectivity index (χ1) is 27.2. The highest BCUT2D eigenvalue weighted by Gasteiger charge is 2.21. The van der Waals surface area contributed by atoms with Crippen molar-refractivity contribution in [3.05, 3.63) is 176 Å². The maximum Gasteiger partial charge on any atom is 0.227 e. The van der Waals surface area contributed by atoms with Crippen molar-refractivity contribution in [3.63, 3.8) is 0 Å². The van der Waals surface area contributed by atoms with Crippen LogP contribution in [0.3, 0.4) is 0 Å². The van der Waals surface area contributed by atoms with E-state index < -0.39 is 0 Å². The molecule has 0 bridgehead atoms. The molecular weight excluding hydrogens is 695 g/mol. The Bertz CT molecular complexity index is 3450. The summed E-state index contributed by atoms with van der Waals surface area (Å²) in [5.74, 6) is 0.597. The van der Waals surface area contributed by atoms with E-state index in [4.69, 9.17) is 13.8 Å². The third-order valence-corrected chi connectivity index (χ3v) is 11.9. The van der Waals surface area contributed by atoms with E-state index in [2.05, 4.69) is 143 Å². The summed E-state index contributed by atoms with van der Waals surface area (Å²) in [4.78, 5) is 7.32. The van der Waals surface area contributed by atoms with E-state index in [0.29, 0.717) is 5.89 Å². The number of aromatic nitrogens is 2. The Kier molecular flexibility index (Phi) is 6.44. The molecule has 0 N–H and O–H groups in total. The van der Waals surface area contributed by atoms with Gasteiger partial charge in [0.2, 0.25) is 5.89 Å². The van der Waals surface area contributed by atoms with Gasteiger partial charge in [-0.25, -0.2) is 4.98 Å². The molecule has 0 aliphatic carbocycles. The van der Waals surface area contributed by atoms with Gasteiger partial charge in [0.15, 0.2) is 5.58 Å². The van der Waals surface area contributed by atoms with E-state index in [1.54, 1.807) is 0 Å². The Morgan fingerprint density at radius 2 is 1.09 bits per heavy atom. The molecule has 0 radical (unpaired) electrons. The largest absolute Gasteiger partial charge is 0.456 e. The van der Waals surface area contributed by atoms with E-state index >= 15 is 0 Å². The van der Waals surface area contributed by atoms with Crippen molar-refractivity contribution in [2.75, 3.05) is 4.90 Å². The Balaban J connectivity index is 1.09. The van der Waals surface area contributed by atoms with Crippen molar-refractivity contribution >= 4 is 103 Å². The van der Waals surface area contributed by atoms with Gasteiger partial charge in [0.1, 0.15) is 16.7 Å². The Morgan fingerprint density at radius 3 is 1.95 bits per heavy atom. The molecule has 0 fully saturated rings. The quantitative estimate of drug-likeness (QED) is 0.177. The highest BCUT2D eigenvalue weighted by atomic mass is 32.1. The summed E-state index contributed by atoms with van der Waals surface area (Å²) in [5, 5.41) is 6.94. The molecule has 5 nitrogen and oxygen atoms in total. The molecule has 12 rings (SSSR count). The van der Waals surface area contributed by atoms with Crippen molar-refractivity contribution in [1.29, 1.82) is 0 Å². The molecule has 0 saturated carbocycles. The maximum atomic E-state index is 6.62. The lowest BCUT2D eigenvalue weighted by atomic mass is 10.1. The first kappa shape index (κ1) is 30.3. The molecule has 12 aromatic rings. The summed E-state index contributed by atoms with van der Waals surface area (Å²) in [7, 11) is 0. The zero-order valence-corrected chi connectivity index (χ0v) is 30.1. The van der Waals surface area contributed by atoms with Crippen molar-refractivity contribution in [2.24, 2.45) is 0 Å². The van der Waals surface area contributed by atoms with Crippen LogP contribution >= 0.6 is 11.3 Å². The van der Waals surface area contributed by atoms with Gasteiger partial charge < -0.3 is 18.3 Å². The van der Waals surface area contributed by atoms with Gasteiger partial charge in [0.05, 0.1) is 16.4 Å². The topological polar surface area (TPSA) is 47.3 Å². The third-order valence-electron chi connectivity index (χ3n) is 10.8. The van der Waals surface area contributed by atoms with Crippen LogP contribution in [0.25, 0.3) is 92.2 Å². The van der Waals surface area contributed by atoms with Crippen LogP contribution in [0.5, 0.6) is 0 Å². The van der Waals surface area contributed by atoms with Gasteiger partial charge in [-0.2, -0.15) is 0 Å². The molecule has 55 heavy (non-hydrogen) atoms. The summed E-state index contributed by atoms with van der Waals surface area (Å²) in [6, 6.07) is 62.1. The van der Waals surface area contributed by atoms with Crippen LogP contribution in [0, 0.1) is 0 Å². The lowest BCUT2D eigenvalue weighted by Crippen LogP contribution is -2.10. The third kappa shape index (κ3) is 4.62. The molecule has 0 atom stereocenters. The fraction of sp³-hybridized carbons (Fsp3) is 0. The van der Waals surface area contributed by atoms with E-state index in [-0.39, 0.29) is 0 Å². The summed E-state index contributed by atoms with van der Waals surface area (Å²) < 4.78 is 17.8. The zero-order valence-electron chi connectivity index (χ0n) is 29.3. The van der Waals surface area contributed by atoms with Crippen LogP contribution in [0.1, 0.15) is 0 Å². The summed E-state index contributed by atoms with van der Waals surface area (Å²) in [5.41, 5.74) is 10.6. The van der Waals surface area contributed by atoms with Crippen LogP contribution in [0.2, 0.25) is 0 Å². The number of para-hydroxylation sites is 2. The van der Waals surface area contributed by atoms with Crippen LogP contribution in [0.15, 0.2) is 185 Å². The molecule has 0 unspecified atom stereocenters. The average molecular weight is 724 g/mol. The average Bonchev–Trinajstić information content (AvgIpc) is 4.01. The maximum absolute atomic E-state index is 6.62. The van der Waals surface area contributed by atoms with E-state index in [1.165, 1.54) is 36.5 Å². The van der Waals surface area contributed by atoms with Gasteiger partial charge in [-0.1, -0.05) is 84.9 Å². The molecule has 8 aromatic carbocycles. The second-order valence-corrected chi connectivity index (χ2v) is 15.0. The molecule has 0 aliphatic heterocycles. The second kappa shape index (κ2) is 11.7. The minimum atomic E-state index is 0.597. The molecule has 0 saturated heterocycles. The number of fused-ring (bicyclic) bond motifs is 11. The number of benzene rings is 8. The van der Waals surface area contributed by atoms with Crippen molar-refractivity contribution in [1.82, 2.24) is 9.55 Å². The van der Waals surface area contributed by atoms with E-state index in [9.17, 15) is 0 Å².